The summed E-state index contributed by atoms with van der Waals surface area (Å²) in [7, 11) is 0. The van der Waals surface area contributed by atoms with Gasteiger partial charge in [-0.25, -0.2) is 4.39 Å². The standard InChI is InChI=1S/C34H31F4GeN7O4/c1-2-12-39-50-33(49)43-31-24-17-23(8-6-21(24)11-13-41-31)46-28(18-29(44-46)34(36,37)38)32(48)42-26-16-22(7-9-25(26)35)27(10-5-20-3-4-20)45-15-14-40-19-30(45)47/h6-9,11,13-20,27H,2-5,10,12H2,1H3,(H,42,48)(H,41,43,49). The molecule has 2 N–H and O–H groups in total. The maximum atomic E-state index is 15.2. The van der Waals surface area contributed by atoms with Gasteiger partial charge in [0.2, 0.25) is 0 Å². The Balaban J connectivity index is 1.34. The molecule has 1 saturated carbocycles. The molecule has 0 saturated heterocycles. The van der Waals surface area contributed by atoms with E-state index in [2.05, 4.69) is 25.7 Å². The van der Waals surface area contributed by atoms with Crippen molar-refractivity contribution in [2.75, 3.05) is 10.6 Å². The van der Waals surface area contributed by atoms with Gasteiger partial charge in [0.25, 0.3) is 5.56 Å². The SMILES string of the molecule is CC[CH2][Ge][O]C(=O)Nc1nccc2ccc(-n3nc(C(F)(F)F)cc3C(=O)Nc3cc(C(CCC4CC4)n4ccncc4=O)ccc3F)cc12. The number of alkyl halides is 3. The number of nitrogens with one attached hydrogen (secondary N) is 2. The molecule has 1 aliphatic carbocycles. The van der Waals surface area contributed by atoms with Gasteiger partial charge in [-0.15, -0.1) is 0 Å². The van der Waals surface area contributed by atoms with Crippen LogP contribution in [0, 0.1) is 11.7 Å². The summed E-state index contributed by atoms with van der Waals surface area (Å²) in [6, 6.07) is 10.2. The van der Waals surface area contributed by atoms with Crippen LogP contribution in [-0.4, -0.2) is 52.1 Å². The van der Waals surface area contributed by atoms with Crippen molar-refractivity contribution < 1.29 is 30.9 Å². The number of benzene rings is 2. The number of hydrogen-bond acceptors (Lipinski definition) is 7. The van der Waals surface area contributed by atoms with Crippen molar-refractivity contribution in [2.45, 2.75) is 56.5 Å². The zero-order valence-corrected chi connectivity index (χ0v) is 28.8. The van der Waals surface area contributed by atoms with Crippen molar-refractivity contribution in [3.05, 3.63) is 106 Å². The topological polar surface area (TPSA) is 133 Å². The van der Waals surface area contributed by atoms with Gasteiger partial charge >= 0.3 is 180 Å². The molecule has 2 radical (unpaired) electrons. The Morgan fingerprint density at radius 2 is 1.90 bits per heavy atom. The molecule has 1 fully saturated rings. The summed E-state index contributed by atoms with van der Waals surface area (Å²) in [5.74, 6) is -1.24. The summed E-state index contributed by atoms with van der Waals surface area (Å²) >= 11 is -0.955. The van der Waals surface area contributed by atoms with Crippen molar-refractivity contribution in [3.63, 3.8) is 0 Å². The van der Waals surface area contributed by atoms with E-state index in [1.807, 2.05) is 6.92 Å². The number of fused-ring (bicyclic) bond motifs is 1. The second kappa shape index (κ2) is 14.8. The fourth-order valence-electron chi connectivity index (χ4n) is 5.52. The second-order valence-electron chi connectivity index (χ2n) is 11.8. The van der Waals surface area contributed by atoms with Crippen molar-refractivity contribution in [3.8, 4) is 5.69 Å². The predicted octanol–water partition coefficient (Wildman–Crippen LogP) is 7.16. The first-order valence-electron chi connectivity index (χ1n) is 15.9. The Morgan fingerprint density at radius 1 is 1.08 bits per heavy atom. The molecule has 1 unspecified atom stereocenters. The molecule has 6 rings (SSSR count). The molecule has 0 spiro atoms. The number of rotatable bonds is 12. The van der Waals surface area contributed by atoms with Crippen molar-refractivity contribution in [2.24, 2.45) is 5.92 Å². The average molecular weight is 750 g/mol. The van der Waals surface area contributed by atoms with Gasteiger partial charge in [-0.3, -0.25) is 9.78 Å². The molecular weight excluding hydrogens is 719 g/mol. The van der Waals surface area contributed by atoms with Gasteiger partial charge in [-0.2, -0.15) is 0 Å². The number of anilines is 2. The van der Waals surface area contributed by atoms with Crippen LogP contribution in [0.2, 0.25) is 5.25 Å². The molecule has 2 amide bonds. The van der Waals surface area contributed by atoms with E-state index in [1.165, 1.54) is 53.6 Å². The Morgan fingerprint density at radius 3 is 2.64 bits per heavy atom. The summed E-state index contributed by atoms with van der Waals surface area (Å²) in [4.78, 5) is 46.8. The van der Waals surface area contributed by atoms with Gasteiger partial charge in [0.1, 0.15) is 5.82 Å². The molecule has 3 aromatic heterocycles. The summed E-state index contributed by atoms with van der Waals surface area (Å²) in [6.45, 7) is 1.97. The first-order chi connectivity index (χ1) is 24.0. The fraction of sp³-hybridized carbons (Fsp3) is 0.294. The third kappa shape index (κ3) is 8.04. The Hall–Kier alpha value is -5.06. The van der Waals surface area contributed by atoms with Crippen LogP contribution >= 0.6 is 0 Å². The van der Waals surface area contributed by atoms with Crippen LogP contribution < -0.4 is 16.2 Å². The minimum absolute atomic E-state index is 0.0495. The monoisotopic (exact) mass is 751 g/mol. The normalized spacial score (nSPS) is 13.6. The van der Waals surface area contributed by atoms with Crippen LogP contribution in [0.4, 0.5) is 33.9 Å². The molecule has 2 aromatic carbocycles. The molecule has 16 heteroatoms. The molecular formula is C34H31F4GeN7O4. The van der Waals surface area contributed by atoms with Crippen LogP contribution in [0.25, 0.3) is 16.5 Å². The summed E-state index contributed by atoms with van der Waals surface area (Å²) in [5.41, 5.74) is -1.94. The number of amides is 2. The number of carbonyl (C=O) groups excluding carboxylic acids is 2. The number of halogens is 4. The molecule has 50 heavy (non-hydrogen) atoms. The molecule has 5 aromatic rings. The van der Waals surface area contributed by atoms with E-state index in [0.29, 0.717) is 34.7 Å². The summed E-state index contributed by atoms with van der Waals surface area (Å²) in [6.07, 6.45) is 4.49. The molecule has 11 nitrogen and oxygen atoms in total. The van der Waals surface area contributed by atoms with Crippen molar-refractivity contribution >= 4 is 50.0 Å². The maximum absolute atomic E-state index is 15.2. The quantitative estimate of drug-likeness (QED) is 0.0786. The third-order valence-electron chi connectivity index (χ3n) is 8.22. The molecule has 3 heterocycles. The van der Waals surface area contributed by atoms with Crippen LogP contribution in [0.1, 0.15) is 66.8 Å². The van der Waals surface area contributed by atoms with Crippen LogP contribution in [0.5, 0.6) is 0 Å². The third-order valence-corrected chi connectivity index (χ3v) is 10.4. The van der Waals surface area contributed by atoms with E-state index in [9.17, 15) is 27.6 Å². The predicted molar refractivity (Wildman–Crippen MR) is 178 cm³/mol. The molecule has 0 aliphatic heterocycles. The molecule has 258 valence electrons. The van der Waals surface area contributed by atoms with E-state index in [0.717, 1.165) is 41.7 Å². The van der Waals surface area contributed by atoms with Gasteiger partial charge < -0.3 is 4.57 Å². The number of aromatic nitrogens is 5. The van der Waals surface area contributed by atoms with E-state index in [1.54, 1.807) is 12.1 Å². The van der Waals surface area contributed by atoms with E-state index in [4.69, 9.17) is 3.76 Å². The summed E-state index contributed by atoms with van der Waals surface area (Å²) in [5, 5.41) is 10.4. The van der Waals surface area contributed by atoms with E-state index < -0.39 is 57.2 Å². The summed E-state index contributed by atoms with van der Waals surface area (Å²) < 4.78 is 64.6. The first kappa shape index (κ1) is 34.8. The Kier molecular flexibility index (Phi) is 10.3. The average Bonchev–Trinajstić information content (AvgIpc) is 3.80. The zero-order chi connectivity index (χ0) is 35.4. The van der Waals surface area contributed by atoms with Gasteiger partial charge in [0.15, 0.2) is 0 Å². The fourth-order valence-corrected chi connectivity index (χ4v) is 6.54. The van der Waals surface area contributed by atoms with Gasteiger partial charge in [-0.1, -0.05) is 18.9 Å². The van der Waals surface area contributed by atoms with Crippen LogP contribution in [0.15, 0.2) is 78.1 Å². The number of pyridine rings is 1. The van der Waals surface area contributed by atoms with Crippen LogP contribution in [0.3, 0.4) is 0 Å². The number of carbonyl (C=O) groups is 2. The van der Waals surface area contributed by atoms with Gasteiger partial charge in [0, 0.05) is 12.4 Å². The molecule has 0 bridgehead atoms. The molecule has 1 aliphatic rings. The Bertz CT molecular complexity index is 2100. The number of nitrogens with zero attached hydrogens (tertiary/aromatic N) is 5. The minimum atomic E-state index is -4.91. The van der Waals surface area contributed by atoms with E-state index >= 15 is 4.39 Å². The van der Waals surface area contributed by atoms with Gasteiger partial charge in [0.05, 0.1) is 12.2 Å². The Labute approximate surface area is 289 Å². The van der Waals surface area contributed by atoms with E-state index in [-0.39, 0.29) is 22.8 Å². The number of hydrogen-bond donors (Lipinski definition) is 2. The van der Waals surface area contributed by atoms with Crippen LogP contribution in [-0.2, 0) is 9.94 Å². The second-order valence-corrected chi connectivity index (χ2v) is 13.9. The zero-order valence-electron chi connectivity index (χ0n) is 26.7. The van der Waals surface area contributed by atoms with Crippen molar-refractivity contribution in [1.29, 1.82) is 0 Å². The van der Waals surface area contributed by atoms with Crippen molar-refractivity contribution in [1.82, 2.24) is 24.3 Å². The van der Waals surface area contributed by atoms with Gasteiger partial charge in [-0.05, 0) is 36.5 Å². The molecule has 1 atom stereocenters. The first-order valence-corrected chi connectivity index (χ1v) is 18.3.